The Hall–Kier alpha value is -0.540. The van der Waals surface area contributed by atoms with E-state index in [-0.39, 0.29) is 0 Å². The predicted octanol–water partition coefficient (Wildman–Crippen LogP) is 2.95. The van der Waals surface area contributed by atoms with Crippen molar-refractivity contribution in [3.63, 3.8) is 0 Å². The standard InChI is InChI=1S/C13H24ClN3/c1-5-8-15-9-10(2)6-7-12-13(14)11(3)16-17(12)4/h10,15H,5-9H2,1-4H3. The third-order valence-electron chi connectivity index (χ3n) is 3.06. The van der Waals surface area contributed by atoms with Crippen LogP contribution in [0.15, 0.2) is 0 Å². The molecule has 0 saturated heterocycles. The highest BCUT2D eigenvalue weighted by atomic mass is 35.5. The van der Waals surface area contributed by atoms with Crippen molar-refractivity contribution in [2.75, 3.05) is 13.1 Å². The van der Waals surface area contributed by atoms with Crippen LogP contribution in [0.5, 0.6) is 0 Å². The highest BCUT2D eigenvalue weighted by molar-refractivity contribution is 6.31. The van der Waals surface area contributed by atoms with Crippen molar-refractivity contribution in [2.24, 2.45) is 13.0 Å². The van der Waals surface area contributed by atoms with Gasteiger partial charge in [0.2, 0.25) is 0 Å². The first-order chi connectivity index (χ1) is 8.06. The summed E-state index contributed by atoms with van der Waals surface area (Å²) in [6, 6.07) is 0. The van der Waals surface area contributed by atoms with E-state index in [4.69, 9.17) is 11.6 Å². The number of rotatable bonds is 7. The number of hydrogen-bond acceptors (Lipinski definition) is 2. The summed E-state index contributed by atoms with van der Waals surface area (Å²) in [6.45, 7) is 8.62. The summed E-state index contributed by atoms with van der Waals surface area (Å²) >= 11 is 6.23. The third kappa shape index (κ3) is 4.32. The molecule has 1 aromatic heterocycles. The van der Waals surface area contributed by atoms with Gasteiger partial charge < -0.3 is 5.32 Å². The normalized spacial score (nSPS) is 13.0. The second-order valence-electron chi connectivity index (χ2n) is 4.82. The molecule has 0 radical (unpaired) electrons. The molecule has 17 heavy (non-hydrogen) atoms. The minimum atomic E-state index is 0.674. The summed E-state index contributed by atoms with van der Waals surface area (Å²) in [5.41, 5.74) is 2.09. The van der Waals surface area contributed by atoms with Gasteiger partial charge >= 0.3 is 0 Å². The zero-order chi connectivity index (χ0) is 12.8. The van der Waals surface area contributed by atoms with Crippen molar-refractivity contribution in [2.45, 2.75) is 40.0 Å². The molecule has 0 aliphatic carbocycles. The first-order valence-corrected chi connectivity index (χ1v) is 6.82. The second-order valence-corrected chi connectivity index (χ2v) is 5.20. The molecule has 1 rings (SSSR count). The fraction of sp³-hybridized carbons (Fsp3) is 0.769. The molecule has 4 heteroatoms. The highest BCUT2D eigenvalue weighted by Gasteiger charge is 2.12. The summed E-state index contributed by atoms with van der Waals surface area (Å²) in [7, 11) is 1.97. The average molecular weight is 258 g/mol. The molecule has 1 N–H and O–H groups in total. The van der Waals surface area contributed by atoms with E-state index in [1.165, 1.54) is 6.42 Å². The van der Waals surface area contributed by atoms with E-state index in [0.29, 0.717) is 5.92 Å². The molecule has 1 aromatic rings. The number of halogens is 1. The molecule has 0 aliphatic rings. The summed E-state index contributed by atoms with van der Waals surface area (Å²) < 4.78 is 1.91. The molecule has 1 heterocycles. The van der Waals surface area contributed by atoms with Crippen molar-refractivity contribution in [1.29, 1.82) is 0 Å². The Bertz CT molecular complexity index is 347. The van der Waals surface area contributed by atoms with Crippen LogP contribution in [0.2, 0.25) is 5.02 Å². The van der Waals surface area contributed by atoms with Crippen LogP contribution in [0.3, 0.4) is 0 Å². The van der Waals surface area contributed by atoms with Crippen molar-refractivity contribution >= 4 is 11.6 Å². The van der Waals surface area contributed by atoms with Crippen molar-refractivity contribution in [1.82, 2.24) is 15.1 Å². The van der Waals surface area contributed by atoms with Crippen molar-refractivity contribution in [3.05, 3.63) is 16.4 Å². The van der Waals surface area contributed by atoms with E-state index in [1.54, 1.807) is 0 Å². The third-order valence-corrected chi connectivity index (χ3v) is 3.55. The lowest BCUT2D eigenvalue weighted by molar-refractivity contribution is 0.474. The molecule has 0 aliphatic heterocycles. The summed E-state index contributed by atoms with van der Waals surface area (Å²) in [4.78, 5) is 0. The molecule has 98 valence electrons. The van der Waals surface area contributed by atoms with Crippen LogP contribution in [0.25, 0.3) is 0 Å². The van der Waals surface area contributed by atoms with Gasteiger partial charge in [-0.05, 0) is 45.2 Å². The van der Waals surface area contributed by atoms with Gasteiger partial charge in [-0.3, -0.25) is 4.68 Å². The minimum Gasteiger partial charge on any atom is -0.316 e. The van der Waals surface area contributed by atoms with Gasteiger partial charge in [-0.2, -0.15) is 5.10 Å². The zero-order valence-corrected chi connectivity index (χ0v) is 12.1. The van der Waals surface area contributed by atoms with Gasteiger partial charge in [0.1, 0.15) is 0 Å². The number of hydrogen-bond donors (Lipinski definition) is 1. The maximum absolute atomic E-state index is 6.23. The lowest BCUT2D eigenvalue weighted by Crippen LogP contribution is -2.22. The fourth-order valence-electron chi connectivity index (χ4n) is 1.96. The van der Waals surface area contributed by atoms with Gasteiger partial charge in [-0.15, -0.1) is 0 Å². The molecule has 0 spiro atoms. The zero-order valence-electron chi connectivity index (χ0n) is 11.4. The van der Waals surface area contributed by atoms with E-state index < -0.39 is 0 Å². The van der Waals surface area contributed by atoms with Crippen LogP contribution in [0.4, 0.5) is 0 Å². The van der Waals surface area contributed by atoms with Gasteiger partial charge in [-0.1, -0.05) is 25.4 Å². The Morgan fingerprint density at radius 1 is 1.47 bits per heavy atom. The van der Waals surface area contributed by atoms with Crippen LogP contribution in [-0.4, -0.2) is 22.9 Å². The van der Waals surface area contributed by atoms with E-state index in [9.17, 15) is 0 Å². The van der Waals surface area contributed by atoms with Crippen LogP contribution in [0.1, 0.15) is 38.1 Å². The van der Waals surface area contributed by atoms with E-state index >= 15 is 0 Å². The molecule has 1 unspecified atom stereocenters. The maximum Gasteiger partial charge on any atom is 0.0846 e. The largest absolute Gasteiger partial charge is 0.316 e. The Morgan fingerprint density at radius 2 is 2.18 bits per heavy atom. The fourth-order valence-corrected chi connectivity index (χ4v) is 2.22. The smallest absolute Gasteiger partial charge is 0.0846 e. The second kappa shape index (κ2) is 7.02. The Kier molecular flexibility index (Phi) is 6.00. The quantitative estimate of drug-likeness (QED) is 0.762. The summed E-state index contributed by atoms with van der Waals surface area (Å²) in [5, 5.41) is 8.62. The predicted molar refractivity (Wildman–Crippen MR) is 73.6 cm³/mol. The summed E-state index contributed by atoms with van der Waals surface area (Å²) in [6.07, 6.45) is 3.35. The number of aryl methyl sites for hydroxylation is 2. The molecule has 0 saturated carbocycles. The van der Waals surface area contributed by atoms with Gasteiger partial charge in [0.05, 0.1) is 16.4 Å². The van der Waals surface area contributed by atoms with E-state index in [1.807, 2.05) is 18.7 Å². The molecule has 0 aromatic carbocycles. The van der Waals surface area contributed by atoms with Gasteiger partial charge in [0, 0.05) is 7.05 Å². The molecule has 3 nitrogen and oxygen atoms in total. The lowest BCUT2D eigenvalue weighted by Gasteiger charge is -2.12. The van der Waals surface area contributed by atoms with Crippen molar-refractivity contribution in [3.8, 4) is 0 Å². The number of nitrogens with one attached hydrogen (secondary N) is 1. The molecular weight excluding hydrogens is 234 g/mol. The van der Waals surface area contributed by atoms with Crippen LogP contribution in [0, 0.1) is 12.8 Å². The first kappa shape index (κ1) is 14.5. The highest BCUT2D eigenvalue weighted by Crippen LogP contribution is 2.21. The first-order valence-electron chi connectivity index (χ1n) is 6.45. The summed E-state index contributed by atoms with van der Waals surface area (Å²) in [5.74, 6) is 0.674. The number of nitrogens with zero attached hydrogens (tertiary/aromatic N) is 2. The van der Waals surface area contributed by atoms with Gasteiger partial charge in [-0.25, -0.2) is 0 Å². The SMILES string of the molecule is CCCNCC(C)CCc1c(Cl)c(C)nn1C. The topological polar surface area (TPSA) is 29.9 Å². The van der Waals surface area contributed by atoms with E-state index in [0.717, 1.165) is 42.3 Å². The monoisotopic (exact) mass is 257 g/mol. The van der Waals surface area contributed by atoms with Crippen LogP contribution >= 0.6 is 11.6 Å². The molecular formula is C13H24ClN3. The lowest BCUT2D eigenvalue weighted by atomic mass is 10.0. The van der Waals surface area contributed by atoms with Crippen molar-refractivity contribution < 1.29 is 0 Å². The van der Waals surface area contributed by atoms with Crippen LogP contribution in [-0.2, 0) is 13.5 Å². The van der Waals surface area contributed by atoms with Gasteiger partial charge in [0.15, 0.2) is 0 Å². The molecule has 0 fully saturated rings. The van der Waals surface area contributed by atoms with Gasteiger partial charge in [0.25, 0.3) is 0 Å². The minimum absolute atomic E-state index is 0.674. The Balaban J connectivity index is 2.39. The van der Waals surface area contributed by atoms with E-state index in [2.05, 4.69) is 24.3 Å². The number of aromatic nitrogens is 2. The van der Waals surface area contributed by atoms with Crippen LogP contribution < -0.4 is 5.32 Å². The molecule has 0 bridgehead atoms. The average Bonchev–Trinajstić information content (AvgIpc) is 2.51. The molecule has 1 atom stereocenters. The molecule has 0 amide bonds. The Morgan fingerprint density at radius 3 is 2.71 bits per heavy atom. The maximum atomic E-state index is 6.23. The Labute approximate surface area is 110 Å².